The van der Waals surface area contributed by atoms with Crippen LogP contribution in [0.2, 0.25) is 0 Å². The summed E-state index contributed by atoms with van der Waals surface area (Å²) in [6.07, 6.45) is 25.1. The summed E-state index contributed by atoms with van der Waals surface area (Å²) >= 11 is 0. The zero-order valence-corrected chi connectivity index (χ0v) is 80.5. The molecule has 0 bridgehead atoms. The van der Waals surface area contributed by atoms with Crippen LogP contribution in [0.1, 0.15) is 43.9 Å². The van der Waals surface area contributed by atoms with E-state index in [1.807, 2.05) is 144 Å². The molecule has 0 atom stereocenters. The number of morpholine rings is 2. The van der Waals surface area contributed by atoms with E-state index in [2.05, 4.69) is 196 Å². The molecule has 2 aliphatic heterocycles. The number of carbonyl (C=O) groups is 2. The van der Waals surface area contributed by atoms with Gasteiger partial charge in [-0.05, 0) is 173 Å². The number of aliphatic hydroxyl groups is 1. The molecule has 5 aromatic carbocycles. The average molecular weight is 1910 g/mol. The van der Waals surface area contributed by atoms with Gasteiger partial charge in [0.2, 0.25) is 5.91 Å². The number of carbonyl (C=O) groups excluding carboxylic acids is 2. The van der Waals surface area contributed by atoms with Crippen molar-refractivity contribution in [1.29, 1.82) is 5.26 Å². The van der Waals surface area contributed by atoms with Crippen LogP contribution in [-0.4, -0.2) is 230 Å². The monoisotopic (exact) mass is 1910 g/mol. The summed E-state index contributed by atoms with van der Waals surface area (Å²) in [4.78, 5) is 98.9. The second kappa shape index (κ2) is 40.0. The minimum Gasteiger partial charge on any atom is -0.497 e. The molecule has 720 valence electrons. The number of hydrogen-bond acceptors (Lipinski definition) is 24. The predicted octanol–water partition coefficient (Wildman–Crippen LogP) is 17.2. The number of benzene rings is 5. The van der Waals surface area contributed by atoms with Crippen molar-refractivity contribution in [3.05, 3.63) is 244 Å². The molecular formula is C107H102N26O10. The molecule has 36 nitrogen and oxygen atoms in total. The number of anilines is 1. The molecule has 0 spiro atoms. The Morgan fingerprint density at radius 1 is 0.427 bits per heavy atom. The first-order chi connectivity index (χ1) is 69.8. The second-order valence-electron chi connectivity index (χ2n) is 35.0. The molecule has 7 N–H and O–H groups in total. The van der Waals surface area contributed by atoms with E-state index in [1.54, 1.807) is 87.0 Å². The summed E-state index contributed by atoms with van der Waals surface area (Å²) in [7, 11) is 12.4. The van der Waals surface area contributed by atoms with E-state index < -0.39 is 5.54 Å². The van der Waals surface area contributed by atoms with E-state index in [0.29, 0.717) is 48.7 Å². The normalized spacial score (nSPS) is 12.7. The molecule has 36 heteroatoms. The SMILES string of the molecule is CCn1cc(-c2cc3c(C#N)ncnc3[nH]2)c2cc(OC)ccc21.CCn1cc(-c2cc3c(N4CCOCC4)ncnc3[nH]2)c2cc(OC)ccc21.COc1ccc2c(c1)c(-c1cc3c(-c4cccnc4)ncnc3[nH]1)cn2C.COc1ccc2c(c1)c(-c1cc3c(-c4cccnc4)ncnc3[nH]1)cn2CC(=O)N1CCOCC1.COc1ccc2c(c1)c(-c1cc3c(C(=O)NC(C)(C)CO)ncnc3[nH]1)cn2C. The lowest BCUT2D eigenvalue weighted by atomic mass is 10.1. The number of nitrogens with one attached hydrogen (secondary N) is 6. The molecule has 19 heterocycles. The minimum absolute atomic E-state index is 0.0777. The first kappa shape index (κ1) is 93.0. The fourth-order valence-electron chi connectivity index (χ4n) is 18.6. The van der Waals surface area contributed by atoms with Gasteiger partial charge in [-0.3, -0.25) is 19.6 Å². The van der Waals surface area contributed by atoms with Crippen molar-refractivity contribution >= 4 is 127 Å². The number of aliphatic hydroxyl groups excluding tert-OH is 1. The molecule has 2 amide bonds. The van der Waals surface area contributed by atoms with Gasteiger partial charge in [-0.15, -0.1) is 0 Å². The van der Waals surface area contributed by atoms with Crippen LogP contribution in [0.15, 0.2) is 233 Å². The molecule has 0 aliphatic carbocycles. The van der Waals surface area contributed by atoms with Crippen molar-refractivity contribution < 1.29 is 47.9 Å². The van der Waals surface area contributed by atoms with E-state index in [0.717, 1.165) is 240 Å². The lowest BCUT2D eigenvalue weighted by Gasteiger charge is -2.27. The van der Waals surface area contributed by atoms with Gasteiger partial charge in [0.25, 0.3) is 5.91 Å². The smallest absolute Gasteiger partial charge is 0.271 e. The van der Waals surface area contributed by atoms with Crippen molar-refractivity contribution in [2.75, 3.05) is 99.7 Å². The average Bonchev–Trinajstić information content (AvgIpc) is 1.65. The molecule has 0 saturated carbocycles. The molecule has 143 heavy (non-hydrogen) atoms. The Bertz CT molecular complexity index is 8530. The quantitative estimate of drug-likeness (QED) is 0.0372. The van der Waals surface area contributed by atoms with Crippen molar-refractivity contribution in [3.8, 4) is 114 Å². The summed E-state index contributed by atoms with van der Waals surface area (Å²) in [5.74, 6) is 4.71. The summed E-state index contributed by atoms with van der Waals surface area (Å²) in [5.41, 5.74) is 22.5. The highest BCUT2D eigenvalue weighted by atomic mass is 16.5. The first-order valence-corrected chi connectivity index (χ1v) is 46.6. The Morgan fingerprint density at radius 2 is 0.790 bits per heavy atom. The topological polar surface area (TPSA) is 420 Å². The van der Waals surface area contributed by atoms with Crippen LogP contribution in [0.25, 0.3) is 188 Å². The number of pyridine rings is 2. The maximum atomic E-state index is 13.0. The first-order valence-electron chi connectivity index (χ1n) is 46.6. The Labute approximate surface area is 818 Å². The third kappa shape index (κ3) is 18.5. The van der Waals surface area contributed by atoms with Gasteiger partial charge in [0.15, 0.2) is 5.69 Å². The summed E-state index contributed by atoms with van der Waals surface area (Å²) < 4.78 is 48.6. The number of nitrogens with zero attached hydrogens (tertiary/aromatic N) is 20. The number of ether oxygens (including phenoxy) is 7. The Morgan fingerprint density at radius 3 is 1.22 bits per heavy atom. The Kier molecular flexibility index (Phi) is 26.0. The van der Waals surface area contributed by atoms with Crippen LogP contribution < -0.4 is 33.9 Å². The third-order valence-electron chi connectivity index (χ3n) is 25.9. The lowest BCUT2D eigenvalue weighted by molar-refractivity contribution is -0.135. The van der Waals surface area contributed by atoms with Gasteiger partial charge in [-0.25, -0.2) is 49.8 Å². The summed E-state index contributed by atoms with van der Waals surface area (Å²) in [6, 6.07) is 50.2. The van der Waals surface area contributed by atoms with E-state index in [1.165, 1.54) is 18.2 Å². The number of rotatable bonds is 20. The highest BCUT2D eigenvalue weighted by Crippen LogP contribution is 2.43. The molecule has 2 aliphatic rings. The van der Waals surface area contributed by atoms with Crippen molar-refractivity contribution in [2.45, 2.75) is 52.9 Å². The van der Waals surface area contributed by atoms with Gasteiger partial charge in [0, 0.05) is 242 Å². The highest BCUT2D eigenvalue weighted by Gasteiger charge is 2.28. The maximum absolute atomic E-state index is 13.0. The molecule has 0 radical (unpaired) electrons. The standard InChI is InChI=1S/C26H24N6O3.C21H23N5O3.C21H23N5O2.C21H17N5O.C18H15N5O/c1-34-18-4-5-23-19(11-18)21(14-32(23)15-24(33)31-7-9-35-10-8-31)22-12-20-25(17-3-2-6-27-13-17)28-16-29-26(20)30-22;1-21(2,10-27)25-20(28)18-14-8-16(24-19(14)23-11-22-18)15-9-26(3)17-6-5-12(29-4)7-13(15)17;1-3-25-12-17(15-10-14(27-2)4-5-19(15)25)18-11-16-20(24-18)22-13-23-21(16)26-6-8-28-9-7-26;1-26-11-17(15-8-14(27-2)5-6-19(15)26)18-9-16-20(13-4-3-7-22-10-13)23-12-24-21(16)25-18;1-3-23-9-14(12-6-11(24-2)4-5-17(12)23)15-7-13-16(8-19)20-10-21-18(13)22-15/h2-6,11-14,16H,7-10,15H2,1H3,(H,28,29,30);5-9,11,27H,10H2,1-4H3,(H,25,28)(H,22,23,24);4-5,10-13H,3,6-9H2,1-2H3,(H,22,23,24);3-12H,1-2H3,(H,23,24,25);4-7,9-10H,3H2,1-2H3,(H,20,21,22). The zero-order chi connectivity index (χ0) is 98.7. The molecule has 17 aromatic heterocycles. The number of aryl methyl sites for hydroxylation is 4. The lowest BCUT2D eigenvalue weighted by Crippen LogP contribution is -2.46. The zero-order valence-electron chi connectivity index (χ0n) is 80.5. The summed E-state index contributed by atoms with van der Waals surface area (Å²) in [6.45, 7) is 15.2. The number of H-pyrrole nitrogens is 5. The van der Waals surface area contributed by atoms with Crippen molar-refractivity contribution in [3.63, 3.8) is 0 Å². The van der Waals surface area contributed by atoms with Crippen LogP contribution in [-0.2, 0) is 48.0 Å². The van der Waals surface area contributed by atoms with E-state index in [-0.39, 0.29) is 30.7 Å². The maximum Gasteiger partial charge on any atom is 0.271 e. The number of methoxy groups -OCH3 is 5. The van der Waals surface area contributed by atoms with Crippen molar-refractivity contribution in [2.24, 2.45) is 14.1 Å². The number of amides is 2. The summed E-state index contributed by atoms with van der Waals surface area (Å²) in [5, 5.41) is 31.1. The number of aromatic amines is 5. The van der Waals surface area contributed by atoms with Crippen LogP contribution in [0.5, 0.6) is 28.7 Å². The van der Waals surface area contributed by atoms with Crippen molar-refractivity contribution in [1.82, 2.24) is 118 Å². The molecule has 2 fully saturated rings. The van der Waals surface area contributed by atoms with E-state index in [9.17, 15) is 20.0 Å². The largest absolute Gasteiger partial charge is 0.497 e. The molecule has 24 rings (SSSR count). The third-order valence-corrected chi connectivity index (χ3v) is 25.9. The van der Waals surface area contributed by atoms with E-state index >= 15 is 0 Å². The highest BCUT2D eigenvalue weighted by molar-refractivity contribution is 6.09. The minimum atomic E-state index is -0.750. The van der Waals surface area contributed by atoms with Gasteiger partial charge in [-0.1, -0.05) is 0 Å². The van der Waals surface area contributed by atoms with Gasteiger partial charge in [0.05, 0.1) is 102 Å². The van der Waals surface area contributed by atoms with Crippen LogP contribution in [0.3, 0.4) is 0 Å². The van der Waals surface area contributed by atoms with Gasteiger partial charge in [0.1, 0.15) is 113 Å². The number of nitriles is 1. The van der Waals surface area contributed by atoms with Crippen LogP contribution in [0.4, 0.5) is 5.82 Å². The number of aromatic nitrogens is 22. The van der Waals surface area contributed by atoms with E-state index in [4.69, 9.17) is 33.2 Å². The second-order valence-corrected chi connectivity index (χ2v) is 35.0. The van der Waals surface area contributed by atoms with Gasteiger partial charge in [-0.2, -0.15) is 5.26 Å². The van der Waals surface area contributed by atoms with Gasteiger partial charge < -0.3 is 101 Å². The molecule has 2 saturated heterocycles. The van der Waals surface area contributed by atoms with Gasteiger partial charge >= 0.3 is 0 Å². The van der Waals surface area contributed by atoms with Crippen LogP contribution in [0, 0.1) is 11.3 Å². The number of hydrogen-bond donors (Lipinski definition) is 7. The van der Waals surface area contributed by atoms with Crippen LogP contribution >= 0.6 is 0 Å². The predicted molar refractivity (Wildman–Crippen MR) is 550 cm³/mol. The molecular weight excluding hydrogens is 1810 g/mol. The fraction of sp³-hybridized carbons (Fsp3) is 0.224. The molecule has 0 unspecified atom stereocenters. The molecule has 22 aromatic rings. The Hall–Kier alpha value is -17.7. The fourth-order valence-corrected chi connectivity index (χ4v) is 18.6. The number of fused-ring (bicyclic) bond motifs is 10. The Balaban J connectivity index is 0.000000110.